The third-order valence-electron chi connectivity index (χ3n) is 2.60. The Bertz CT molecular complexity index is 298. The second kappa shape index (κ2) is 4.53. The Morgan fingerprint density at radius 3 is 3.07 bits per heavy atom. The van der Waals surface area contributed by atoms with Crippen LogP contribution in [0.1, 0.15) is 26.0 Å². The first-order valence-electron chi connectivity index (χ1n) is 5.12. The maximum atomic E-state index is 4.52. The number of hydrogen-bond acceptors (Lipinski definition) is 4. The molecule has 1 fully saturated rings. The molecule has 1 aliphatic heterocycles. The highest BCUT2D eigenvalue weighted by atomic mass is 32.2. The van der Waals surface area contributed by atoms with Crippen molar-refractivity contribution in [3.05, 3.63) is 11.1 Å². The van der Waals surface area contributed by atoms with Gasteiger partial charge in [0, 0.05) is 16.7 Å². The van der Waals surface area contributed by atoms with Gasteiger partial charge >= 0.3 is 0 Å². The molecule has 0 spiro atoms. The molecular formula is C10H16N2S2. The summed E-state index contributed by atoms with van der Waals surface area (Å²) in [6, 6.07) is 0.621. The molecule has 2 heterocycles. The molecule has 1 aromatic rings. The van der Waals surface area contributed by atoms with Crippen molar-refractivity contribution in [1.82, 2.24) is 4.98 Å². The van der Waals surface area contributed by atoms with Crippen LogP contribution in [0, 0.1) is 0 Å². The molecule has 1 saturated heterocycles. The molecule has 2 atom stereocenters. The smallest absolute Gasteiger partial charge is 0.183 e. The van der Waals surface area contributed by atoms with E-state index in [9.17, 15) is 0 Å². The molecule has 2 rings (SSSR count). The number of aromatic nitrogens is 1. The average Bonchev–Trinajstić information content (AvgIpc) is 2.77. The maximum absolute atomic E-state index is 4.52. The molecule has 2 nitrogen and oxygen atoms in total. The largest absolute Gasteiger partial charge is 0.358 e. The fourth-order valence-electron chi connectivity index (χ4n) is 1.62. The van der Waals surface area contributed by atoms with Gasteiger partial charge in [-0.3, -0.25) is 0 Å². The van der Waals surface area contributed by atoms with Gasteiger partial charge in [-0.25, -0.2) is 4.98 Å². The lowest BCUT2D eigenvalue weighted by atomic mass is 10.2. The first-order chi connectivity index (χ1) is 6.79. The molecule has 1 N–H and O–H groups in total. The summed E-state index contributed by atoms with van der Waals surface area (Å²) in [6.07, 6.45) is 2.31. The van der Waals surface area contributed by atoms with Crippen LogP contribution in [0.25, 0.3) is 0 Å². The lowest BCUT2D eigenvalue weighted by molar-refractivity contribution is 0.722. The summed E-state index contributed by atoms with van der Waals surface area (Å²) < 4.78 is 0. The Balaban J connectivity index is 1.96. The molecule has 14 heavy (non-hydrogen) atoms. The van der Waals surface area contributed by atoms with Crippen LogP contribution < -0.4 is 5.32 Å². The first-order valence-corrected chi connectivity index (χ1v) is 7.05. The van der Waals surface area contributed by atoms with E-state index in [1.165, 1.54) is 17.9 Å². The molecule has 0 saturated carbocycles. The Morgan fingerprint density at radius 2 is 2.50 bits per heavy atom. The predicted molar refractivity (Wildman–Crippen MR) is 65.4 cm³/mol. The molecule has 0 amide bonds. The van der Waals surface area contributed by atoms with Crippen LogP contribution in [0.2, 0.25) is 0 Å². The Kier molecular flexibility index (Phi) is 3.34. The van der Waals surface area contributed by atoms with E-state index in [2.05, 4.69) is 41.3 Å². The van der Waals surface area contributed by atoms with Crippen LogP contribution in [0.4, 0.5) is 5.13 Å². The predicted octanol–water partition coefficient (Wildman–Crippen LogP) is 3.01. The summed E-state index contributed by atoms with van der Waals surface area (Å²) in [5.74, 6) is 1.28. The summed E-state index contributed by atoms with van der Waals surface area (Å²) in [6.45, 7) is 4.44. The minimum Gasteiger partial charge on any atom is -0.358 e. The van der Waals surface area contributed by atoms with Crippen molar-refractivity contribution in [3.8, 4) is 0 Å². The lowest BCUT2D eigenvalue weighted by Gasteiger charge is -2.15. The summed E-state index contributed by atoms with van der Waals surface area (Å²) in [5.41, 5.74) is 1.20. The van der Waals surface area contributed by atoms with Crippen LogP contribution in [0.5, 0.6) is 0 Å². The zero-order valence-electron chi connectivity index (χ0n) is 8.62. The zero-order valence-corrected chi connectivity index (χ0v) is 10.3. The monoisotopic (exact) mass is 228 g/mol. The maximum Gasteiger partial charge on any atom is 0.183 e. The van der Waals surface area contributed by atoms with E-state index in [0.29, 0.717) is 6.04 Å². The second-order valence-electron chi connectivity index (χ2n) is 3.61. The van der Waals surface area contributed by atoms with Gasteiger partial charge in [-0.15, -0.1) is 11.3 Å². The summed E-state index contributed by atoms with van der Waals surface area (Å²) in [4.78, 5) is 4.52. The Labute approximate surface area is 93.5 Å². The van der Waals surface area contributed by atoms with Gasteiger partial charge in [-0.05, 0) is 18.6 Å². The molecule has 0 aromatic carbocycles. The Morgan fingerprint density at radius 1 is 1.64 bits per heavy atom. The molecule has 1 aromatic heterocycles. The Hall–Kier alpha value is -0.220. The normalized spacial score (nSPS) is 26.7. The van der Waals surface area contributed by atoms with E-state index in [0.717, 1.165) is 16.8 Å². The van der Waals surface area contributed by atoms with Gasteiger partial charge in [0.25, 0.3) is 0 Å². The van der Waals surface area contributed by atoms with Gasteiger partial charge in [-0.2, -0.15) is 11.8 Å². The number of anilines is 1. The van der Waals surface area contributed by atoms with E-state index >= 15 is 0 Å². The highest BCUT2D eigenvalue weighted by molar-refractivity contribution is 8.00. The number of thiazole rings is 1. The highest BCUT2D eigenvalue weighted by Gasteiger charge is 2.24. The summed E-state index contributed by atoms with van der Waals surface area (Å²) >= 11 is 3.78. The van der Waals surface area contributed by atoms with E-state index in [4.69, 9.17) is 0 Å². The number of nitrogens with zero attached hydrogens (tertiary/aromatic N) is 1. The van der Waals surface area contributed by atoms with E-state index in [-0.39, 0.29) is 0 Å². The van der Waals surface area contributed by atoms with Crippen molar-refractivity contribution in [2.75, 3.05) is 11.1 Å². The molecular weight excluding hydrogens is 212 g/mol. The third kappa shape index (κ3) is 2.23. The molecule has 78 valence electrons. The molecule has 0 aliphatic carbocycles. The van der Waals surface area contributed by atoms with Crippen molar-refractivity contribution in [1.29, 1.82) is 0 Å². The number of thioether (sulfide) groups is 1. The number of rotatable bonds is 3. The topological polar surface area (TPSA) is 24.9 Å². The number of hydrogen-bond donors (Lipinski definition) is 1. The van der Waals surface area contributed by atoms with E-state index in [1.807, 2.05) is 0 Å². The first kappa shape index (κ1) is 10.3. The molecule has 2 unspecified atom stereocenters. The van der Waals surface area contributed by atoms with Crippen LogP contribution >= 0.6 is 23.1 Å². The van der Waals surface area contributed by atoms with Gasteiger partial charge in [-0.1, -0.05) is 13.8 Å². The van der Waals surface area contributed by atoms with Gasteiger partial charge < -0.3 is 5.32 Å². The average molecular weight is 228 g/mol. The van der Waals surface area contributed by atoms with Crippen molar-refractivity contribution in [2.24, 2.45) is 0 Å². The summed E-state index contributed by atoms with van der Waals surface area (Å²) in [5, 5.41) is 7.50. The fraction of sp³-hybridized carbons (Fsp3) is 0.700. The lowest BCUT2D eigenvalue weighted by Crippen LogP contribution is -2.24. The SMILES string of the molecule is CCc1csc(NC2CCSC2C)n1. The fourth-order valence-corrected chi connectivity index (χ4v) is 3.67. The van der Waals surface area contributed by atoms with Crippen LogP contribution in [-0.2, 0) is 6.42 Å². The van der Waals surface area contributed by atoms with Gasteiger partial charge in [0.2, 0.25) is 0 Å². The minimum absolute atomic E-state index is 0.621. The summed E-state index contributed by atoms with van der Waals surface area (Å²) in [7, 11) is 0. The van der Waals surface area contributed by atoms with Gasteiger partial charge in [0.15, 0.2) is 5.13 Å². The van der Waals surface area contributed by atoms with Crippen molar-refractivity contribution >= 4 is 28.2 Å². The second-order valence-corrected chi connectivity index (χ2v) is 5.96. The van der Waals surface area contributed by atoms with Gasteiger partial charge in [0.05, 0.1) is 5.69 Å². The molecule has 0 bridgehead atoms. The zero-order chi connectivity index (χ0) is 9.97. The van der Waals surface area contributed by atoms with Crippen molar-refractivity contribution in [2.45, 2.75) is 38.0 Å². The van der Waals surface area contributed by atoms with Gasteiger partial charge in [0.1, 0.15) is 0 Å². The standard InChI is InChI=1S/C10H16N2S2/c1-3-8-6-14-10(11-8)12-9-4-5-13-7(9)2/h6-7,9H,3-5H2,1-2H3,(H,11,12). The van der Waals surface area contributed by atoms with Crippen LogP contribution in [0.15, 0.2) is 5.38 Å². The molecule has 0 radical (unpaired) electrons. The molecule has 1 aliphatic rings. The van der Waals surface area contributed by atoms with E-state index in [1.54, 1.807) is 11.3 Å². The van der Waals surface area contributed by atoms with Crippen molar-refractivity contribution < 1.29 is 0 Å². The molecule has 4 heteroatoms. The van der Waals surface area contributed by atoms with Crippen LogP contribution in [0.3, 0.4) is 0 Å². The third-order valence-corrected chi connectivity index (χ3v) is 4.75. The quantitative estimate of drug-likeness (QED) is 0.861. The van der Waals surface area contributed by atoms with Crippen LogP contribution in [-0.4, -0.2) is 22.0 Å². The minimum atomic E-state index is 0.621. The van der Waals surface area contributed by atoms with Crippen molar-refractivity contribution in [3.63, 3.8) is 0 Å². The number of nitrogens with one attached hydrogen (secondary N) is 1. The highest BCUT2D eigenvalue weighted by Crippen LogP contribution is 2.29. The van der Waals surface area contributed by atoms with E-state index < -0.39 is 0 Å². The number of aryl methyl sites for hydroxylation is 1.